The van der Waals surface area contributed by atoms with Gasteiger partial charge in [0.05, 0.1) is 26.2 Å². The van der Waals surface area contributed by atoms with Gasteiger partial charge in [0.2, 0.25) is 0 Å². The number of rotatable bonds is 5. The van der Waals surface area contributed by atoms with Crippen molar-refractivity contribution in [3.63, 3.8) is 0 Å². The van der Waals surface area contributed by atoms with Crippen LogP contribution in [0.3, 0.4) is 0 Å². The zero-order chi connectivity index (χ0) is 20.0. The van der Waals surface area contributed by atoms with Crippen molar-refractivity contribution in [3.05, 3.63) is 0 Å². The molecule has 3 fully saturated rings. The van der Waals surface area contributed by atoms with E-state index in [1.807, 2.05) is 7.05 Å². The van der Waals surface area contributed by atoms with Gasteiger partial charge in [0.1, 0.15) is 0 Å². The van der Waals surface area contributed by atoms with Crippen molar-refractivity contribution >= 4 is 35.9 Å². The monoisotopic (exact) mass is 522 g/mol. The molecular weight excluding hydrogens is 483 g/mol. The van der Waals surface area contributed by atoms with E-state index in [0.717, 1.165) is 51.9 Å². The van der Waals surface area contributed by atoms with Gasteiger partial charge in [0.15, 0.2) is 5.96 Å². The number of esters is 1. The fourth-order valence-electron chi connectivity index (χ4n) is 5.12. The van der Waals surface area contributed by atoms with Crippen LogP contribution in [0.1, 0.15) is 39.0 Å². The Morgan fingerprint density at radius 3 is 2.52 bits per heavy atom. The molecule has 168 valence electrons. The summed E-state index contributed by atoms with van der Waals surface area (Å²) in [6.45, 7) is 9.53. The van der Waals surface area contributed by atoms with E-state index in [-0.39, 0.29) is 41.8 Å². The summed E-state index contributed by atoms with van der Waals surface area (Å²) in [6, 6.07) is 0. The number of guanidine groups is 1. The number of carbonyl (C=O) groups is 1. The standard InChI is InChI=1S/C21H38N4O3.HI/c1-17-13-25(14-18(17)19(26)27-3)20(22-2)23-15-21(7-5-4-6-8-21)16-24-9-11-28-12-10-24;/h17-18H,4-16H2,1-3H3,(H,22,23);1H. The molecule has 3 aliphatic rings. The Balaban J connectivity index is 0.00000300. The highest BCUT2D eigenvalue weighted by molar-refractivity contribution is 14.0. The number of methoxy groups -OCH3 is 1. The molecule has 7 nitrogen and oxygen atoms in total. The number of nitrogens with zero attached hydrogens (tertiary/aromatic N) is 3. The maximum atomic E-state index is 12.0. The first-order chi connectivity index (χ1) is 13.6. The number of halogens is 1. The summed E-state index contributed by atoms with van der Waals surface area (Å²) in [4.78, 5) is 21.4. The molecule has 0 amide bonds. The fourth-order valence-corrected chi connectivity index (χ4v) is 5.12. The van der Waals surface area contributed by atoms with Gasteiger partial charge >= 0.3 is 5.97 Å². The zero-order valence-electron chi connectivity index (χ0n) is 18.3. The van der Waals surface area contributed by atoms with E-state index < -0.39 is 0 Å². The molecule has 0 aromatic heterocycles. The van der Waals surface area contributed by atoms with E-state index in [1.54, 1.807) is 0 Å². The number of aliphatic imine (C=N–C) groups is 1. The Kier molecular flexibility index (Phi) is 9.94. The van der Waals surface area contributed by atoms with Crippen LogP contribution >= 0.6 is 24.0 Å². The van der Waals surface area contributed by atoms with E-state index >= 15 is 0 Å². The van der Waals surface area contributed by atoms with Crippen molar-refractivity contribution in [1.29, 1.82) is 0 Å². The number of ether oxygens (including phenoxy) is 2. The van der Waals surface area contributed by atoms with Gasteiger partial charge in [-0.1, -0.05) is 26.2 Å². The molecule has 0 radical (unpaired) electrons. The Morgan fingerprint density at radius 2 is 1.90 bits per heavy atom. The lowest BCUT2D eigenvalue weighted by Gasteiger charge is -2.43. The number of carbonyl (C=O) groups excluding carboxylic acids is 1. The summed E-state index contributed by atoms with van der Waals surface area (Å²) in [6.07, 6.45) is 6.53. The topological polar surface area (TPSA) is 66.4 Å². The largest absolute Gasteiger partial charge is 0.469 e. The van der Waals surface area contributed by atoms with Crippen LogP contribution in [0.5, 0.6) is 0 Å². The molecule has 0 spiro atoms. The first-order valence-corrected chi connectivity index (χ1v) is 10.9. The van der Waals surface area contributed by atoms with Crippen LogP contribution < -0.4 is 5.32 Å². The second-order valence-electron chi connectivity index (χ2n) is 8.86. The van der Waals surface area contributed by atoms with Gasteiger partial charge in [-0.2, -0.15) is 0 Å². The van der Waals surface area contributed by atoms with Crippen molar-refractivity contribution in [3.8, 4) is 0 Å². The summed E-state index contributed by atoms with van der Waals surface area (Å²) in [7, 11) is 3.32. The summed E-state index contributed by atoms with van der Waals surface area (Å²) in [5.74, 6) is 1.02. The van der Waals surface area contributed by atoms with E-state index in [0.29, 0.717) is 12.0 Å². The molecule has 2 saturated heterocycles. The average molecular weight is 522 g/mol. The molecule has 0 bridgehead atoms. The molecule has 1 N–H and O–H groups in total. The lowest BCUT2D eigenvalue weighted by atomic mass is 9.73. The van der Waals surface area contributed by atoms with Crippen LogP contribution in [0.25, 0.3) is 0 Å². The third-order valence-electron chi connectivity index (χ3n) is 6.83. The number of hydrogen-bond donors (Lipinski definition) is 1. The predicted molar refractivity (Wildman–Crippen MR) is 126 cm³/mol. The zero-order valence-corrected chi connectivity index (χ0v) is 20.7. The molecular formula is C21H39IN4O3. The molecule has 8 heteroatoms. The first-order valence-electron chi connectivity index (χ1n) is 10.9. The summed E-state index contributed by atoms with van der Waals surface area (Å²) >= 11 is 0. The lowest BCUT2D eigenvalue weighted by molar-refractivity contribution is -0.145. The average Bonchev–Trinajstić information content (AvgIpc) is 3.11. The van der Waals surface area contributed by atoms with Gasteiger partial charge in [0.25, 0.3) is 0 Å². The van der Waals surface area contributed by atoms with Crippen molar-refractivity contribution in [2.75, 3.05) is 66.6 Å². The molecule has 2 unspecified atom stereocenters. The predicted octanol–water partition coefficient (Wildman–Crippen LogP) is 2.20. The first kappa shape index (κ1) is 24.7. The van der Waals surface area contributed by atoms with E-state index in [4.69, 9.17) is 9.47 Å². The van der Waals surface area contributed by atoms with Crippen molar-refractivity contribution in [1.82, 2.24) is 15.1 Å². The van der Waals surface area contributed by atoms with Gasteiger partial charge < -0.3 is 19.7 Å². The van der Waals surface area contributed by atoms with Crippen molar-refractivity contribution in [2.24, 2.45) is 22.2 Å². The molecule has 0 aromatic rings. The van der Waals surface area contributed by atoms with Crippen LogP contribution in [-0.4, -0.2) is 88.4 Å². The second kappa shape index (κ2) is 11.7. The van der Waals surface area contributed by atoms with Crippen molar-refractivity contribution < 1.29 is 14.3 Å². The Hall–Kier alpha value is -0.610. The minimum atomic E-state index is -0.110. The quantitative estimate of drug-likeness (QED) is 0.259. The number of nitrogens with one attached hydrogen (secondary N) is 1. The highest BCUT2D eigenvalue weighted by Gasteiger charge is 2.38. The lowest BCUT2D eigenvalue weighted by Crippen LogP contribution is -2.51. The van der Waals surface area contributed by atoms with E-state index in [2.05, 4.69) is 27.0 Å². The van der Waals surface area contributed by atoms with Crippen LogP contribution in [0.2, 0.25) is 0 Å². The maximum absolute atomic E-state index is 12.0. The van der Waals surface area contributed by atoms with Gasteiger partial charge in [-0.25, -0.2) is 0 Å². The van der Waals surface area contributed by atoms with E-state index in [9.17, 15) is 4.79 Å². The Bertz CT molecular complexity index is 548. The maximum Gasteiger partial charge on any atom is 0.310 e. The smallest absolute Gasteiger partial charge is 0.310 e. The Labute approximate surface area is 193 Å². The second-order valence-corrected chi connectivity index (χ2v) is 8.86. The summed E-state index contributed by atoms with van der Waals surface area (Å²) in [5.41, 5.74) is 0.304. The highest BCUT2D eigenvalue weighted by atomic mass is 127. The molecule has 2 atom stereocenters. The fraction of sp³-hybridized carbons (Fsp3) is 0.905. The normalized spacial score (nSPS) is 28.0. The van der Waals surface area contributed by atoms with E-state index in [1.165, 1.54) is 39.2 Å². The van der Waals surface area contributed by atoms with Crippen LogP contribution in [0, 0.1) is 17.3 Å². The SMILES string of the molecule is CN=C(NCC1(CN2CCOCC2)CCCCC1)N1CC(C)C(C(=O)OC)C1.I. The van der Waals surface area contributed by atoms with Gasteiger partial charge in [-0.15, -0.1) is 24.0 Å². The third-order valence-corrected chi connectivity index (χ3v) is 6.83. The molecule has 1 saturated carbocycles. The highest BCUT2D eigenvalue weighted by Crippen LogP contribution is 2.37. The minimum absolute atomic E-state index is 0. The van der Waals surface area contributed by atoms with Crippen molar-refractivity contribution in [2.45, 2.75) is 39.0 Å². The molecule has 2 heterocycles. The van der Waals surface area contributed by atoms with Gasteiger partial charge in [-0.3, -0.25) is 14.7 Å². The molecule has 3 rings (SSSR count). The number of morpholine rings is 1. The minimum Gasteiger partial charge on any atom is -0.469 e. The molecule has 29 heavy (non-hydrogen) atoms. The number of hydrogen-bond acceptors (Lipinski definition) is 5. The molecule has 1 aliphatic carbocycles. The summed E-state index contributed by atoms with van der Waals surface area (Å²) in [5, 5.41) is 3.68. The third kappa shape index (κ3) is 6.43. The Morgan fingerprint density at radius 1 is 1.21 bits per heavy atom. The van der Waals surface area contributed by atoms with Gasteiger partial charge in [-0.05, 0) is 18.8 Å². The van der Waals surface area contributed by atoms with Crippen LogP contribution in [0.15, 0.2) is 4.99 Å². The van der Waals surface area contributed by atoms with Gasteiger partial charge in [0, 0.05) is 51.7 Å². The van der Waals surface area contributed by atoms with Crippen LogP contribution in [-0.2, 0) is 14.3 Å². The van der Waals surface area contributed by atoms with Crippen LogP contribution in [0.4, 0.5) is 0 Å². The number of likely N-dealkylation sites (tertiary alicyclic amines) is 1. The molecule has 0 aromatic carbocycles. The summed E-state index contributed by atoms with van der Waals surface area (Å²) < 4.78 is 10.5. The molecule has 2 aliphatic heterocycles.